The molecule has 0 spiro atoms. The highest BCUT2D eigenvalue weighted by atomic mass is 35.5. The summed E-state index contributed by atoms with van der Waals surface area (Å²) in [4.78, 5) is 35.7. The Hall–Kier alpha value is -3.06. The van der Waals surface area contributed by atoms with E-state index in [0.29, 0.717) is 22.0 Å². The van der Waals surface area contributed by atoms with Crippen LogP contribution in [-0.2, 0) is 16.0 Å². The monoisotopic (exact) mass is 389 g/mol. The average molecular weight is 390 g/mol. The maximum absolute atomic E-state index is 12.6. The summed E-state index contributed by atoms with van der Waals surface area (Å²) < 4.78 is 5.09. The van der Waals surface area contributed by atoms with Crippen LogP contribution in [0.3, 0.4) is 0 Å². The summed E-state index contributed by atoms with van der Waals surface area (Å²) in [6, 6.07) is 10.6. The lowest BCUT2D eigenvalue weighted by Crippen LogP contribution is -2.46. The highest BCUT2D eigenvalue weighted by Crippen LogP contribution is 2.25. The molecule has 2 aromatic rings. The molecule has 0 aliphatic carbocycles. The zero-order chi connectivity index (χ0) is 20.0. The molecule has 2 rings (SSSR count). The number of benzene rings is 2. The van der Waals surface area contributed by atoms with E-state index in [0.717, 1.165) is 0 Å². The Labute approximate surface area is 161 Å². The van der Waals surface area contributed by atoms with Crippen LogP contribution in [0.1, 0.15) is 22.8 Å². The van der Waals surface area contributed by atoms with Crippen LogP contribution in [0.25, 0.3) is 0 Å². The van der Waals surface area contributed by atoms with E-state index in [1.165, 1.54) is 14.0 Å². The Morgan fingerprint density at radius 3 is 2.48 bits per heavy atom. The molecule has 142 valence electrons. The summed E-state index contributed by atoms with van der Waals surface area (Å²) in [5, 5.41) is 5.57. The number of hydrogen-bond acceptors (Lipinski definition) is 4. The number of halogens is 1. The third-order valence-corrected chi connectivity index (χ3v) is 4.08. The zero-order valence-corrected chi connectivity index (χ0v) is 15.7. The van der Waals surface area contributed by atoms with Crippen molar-refractivity contribution in [2.45, 2.75) is 19.4 Å². The van der Waals surface area contributed by atoms with Crippen LogP contribution >= 0.6 is 11.6 Å². The molecule has 0 radical (unpaired) electrons. The van der Waals surface area contributed by atoms with Gasteiger partial charge in [-0.25, -0.2) is 0 Å². The molecule has 2 aromatic carbocycles. The quantitative estimate of drug-likeness (QED) is 0.673. The number of primary amides is 1. The standard InChI is InChI=1S/C19H20ClN3O4/c1-11(24)22-15-6-4-3-5-13(15)19(26)23-16(18(21)25)10-12-7-8-17(27-2)14(20)9-12/h3-9,16H,10H2,1-2H3,(H2,21,25)(H,22,24)(H,23,26)/t16-/m1/s1. The molecule has 3 amide bonds. The van der Waals surface area contributed by atoms with Gasteiger partial charge in [0.1, 0.15) is 11.8 Å². The van der Waals surface area contributed by atoms with Gasteiger partial charge in [-0.2, -0.15) is 0 Å². The van der Waals surface area contributed by atoms with Crippen LogP contribution in [0.4, 0.5) is 5.69 Å². The van der Waals surface area contributed by atoms with Crippen LogP contribution in [0.5, 0.6) is 5.75 Å². The van der Waals surface area contributed by atoms with Crippen molar-refractivity contribution >= 4 is 35.0 Å². The number of anilines is 1. The predicted octanol–water partition coefficient (Wildman–Crippen LogP) is 2.13. The van der Waals surface area contributed by atoms with E-state index >= 15 is 0 Å². The summed E-state index contributed by atoms with van der Waals surface area (Å²) in [5.41, 5.74) is 6.73. The topological polar surface area (TPSA) is 111 Å². The normalized spacial score (nSPS) is 11.4. The third-order valence-electron chi connectivity index (χ3n) is 3.79. The van der Waals surface area contributed by atoms with Crippen molar-refractivity contribution < 1.29 is 19.1 Å². The van der Waals surface area contributed by atoms with Crippen molar-refractivity contribution in [3.8, 4) is 5.75 Å². The van der Waals surface area contributed by atoms with Crippen molar-refractivity contribution in [2.75, 3.05) is 12.4 Å². The first-order valence-electron chi connectivity index (χ1n) is 8.11. The third kappa shape index (κ3) is 5.46. The number of rotatable bonds is 7. The van der Waals surface area contributed by atoms with Crippen molar-refractivity contribution in [3.05, 3.63) is 58.6 Å². The number of para-hydroxylation sites is 1. The summed E-state index contributed by atoms with van der Waals surface area (Å²) in [5.74, 6) is -1.02. The average Bonchev–Trinajstić information content (AvgIpc) is 2.61. The van der Waals surface area contributed by atoms with Crippen LogP contribution < -0.4 is 21.1 Å². The van der Waals surface area contributed by atoms with E-state index in [1.807, 2.05) is 0 Å². The second kappa shape index (κ2) is 9.05. The van der Waals surface area contributed by atoms with E-state index in [9.17, 15) is 14.4 Å². The molecule has 0 fully saturated rings. The van der Waals surface area contributed by atoms with E-state index < -0.39 is 17.9 Å². The highest BCUT2D eigenvalue weighted by Gasteiger charge is 2.21. The van der Waals surface area contributed by atoms with Crippen LogP contribution in [-0.4, -0.2) is 30.9 Å². The van der Waals surface area contributed by atoms with Crippen LogP contribution in [0, 0.1) is 0 Å². The maximum Gasteiger partial charge on any atom is 0.254 e. The van der Waals surface area contributed by atoms with Gasteiger partial charge in [0.25, 0.3) is 5.91 Å². The number of carbonyl (C=O) groups excluding carboxylic acids is 3. The molecule has 1 atom stereocenters. The fourth-order valence-corrected chi connectivity index (χ4v) is 2.79. The number of hydrogen-bond donors (Lipinski definition) is 3. The Bertz CT molecular complexity index is 870. The van der Waals surface area contributed by atoms with Gasteiger partial charge in [-0.05, 0) is 29.8 Å². The van der Waals surface area contributed by atoms with E-state index in [-0.39, 0.29) is 17.9 Å². The summed E-state index contributed by atoms with van der Waals surface area (Å²) in [6.07, 6.45) is 0.160. The second-order valence-electron chi connectivity index (χ2n) is 5.83. The molecule has 8 heteroatoms. The smallest absolute Gasteiger partial charge is 0.254 e. The molecule has 0 bridgehead atoms. The number of nitrogens with one attached hydrogen (secondary N) is 2. The minimum absolute atomic E-state index is 0.160. The molecular formula is C19H20ClN3O4. The molecule has 4 N–H and O–H groups in total. The van der Waals surface area contributed by atoms with Gasteiger partial charge in [-0.3, -0.25) is 14.4 Å². The van der Waals surface area contributed by atoms with Crippen molar-refractivity contribution in [1.82, 2.24) is 5.32 Å². The Kier molecular flexibility index (Phi) is 6.79. The molecule has 0 unspecified atom stereocenters. The van der Waals surface area contributed by atoms with Gasteiger partial charge in [-0.1, -0.05) is 29.8 Å². The largest absolute Gasteiger partial charge is 0.495 e. The van der Waals surface area contributed by atoms with E-state index in [2.05, 4.69) is 10.6 Å². The predicted molar refractivity (Wildman–Crippen MR) is 103 cm³/mol. The molecule has 0 saturated carbocycles. The zero-order valence-electron chi connectivity index (χ0n) is 14.9. The van der Waals surface area contributed by atoms with Gasteiger partial charge in [0.15, 0.2) is 0 Å². The molecular weight excluding hydrogens is 370 g/mol. The maximum atomic E-state index is 12.6. The lowest BCUT2D eigenvalue weighted by molar-refractivity contribution is -0.119. The minimum atomic E-state index is -0.952. The van der Waals surface area contributed by atoms with Gasteiger partial charge in [0.2, 0.25) is 11.8 Å². The first-order chi connectivity index (χ1) is 12.8. The molecule has 0 aromatic heterocycles. The number of carbonyl (C=O) groups is 3. The Morgan fingerprint density at radius 2 is 1.89 bits per heavy atom. The molecule has 0 saturated heterocycles. The Morgan fingerprint density at radius 1 is 1.19 bits per heavy atom. The molecule has 27 heavy (non-hydrogen) atoms. The fraction of sp³-hybridized carbons (Fsp3) is 0.211. The second-order valence-corrected chi connectivity index (χ2v) is 6.24. The number of amides is 3. The summed E-state index contributed by atoms with van der Waals surface area (Å²) >= 11 is 6.09. The summed E-state index contributed by atoms with van der Waals surface area (Å²) in [6.45, 7) is 1.34. The number of methoxy groups -OCH3 is 1. The fourth-order valence-electron chi connectivity index (χ4n) is 2.51. The van der Waals surface area contributed by atoms with E-state index in [4.69, 9.17) is 22.1 Å². The molecule has 0 aliphatic heterocycles. The van der Waals surface area contributed by atoms with E-state index in [1.54, 1.807) is 42.5 Å². The number of ether oxygens (including phenoxy) is 1. The lowest BCUT2D eigenvalue weighted by Gasteiger charge is -2.17. The van der Waals surface area contributed by atoms with Crippen molar-refractivity contribution in [1.29, 1.82) is 0 Å². The first kappa shape index (κ1) is 20.3. The summed E-state index contributed by atoms with van der Waals surface area (Å²) in [7, 11) is 1.50. The van der Waals surface area contributed by atoms with Gasteiger partial charge in [-0.15, -0.1) is 0 Å². The SMILES string of the molecule is COc1ccc(C[C@@H](NC(=O)c2ccccc2NC(C)=O)C(N)=O)cc1Cl. The van der Waals surface area contributed by atoms with Crippen molar-refractivity contribution in [3.63, 3.8) is 0 Å². The minimum Gasteiger partial charge on any atom is -0.495 e. The van der Waals surface area contributed by atoms with Crippen molar-refractivity contribution in [2.24, 2.45) is 5.73 Å². The van der Waals surface area contributed by atoms with Gasteiger partial charge < -0.3 is 21.1 Å². The molecule has 0 heterocycles. The number of nitrogens with two attached hydrogens (primary N) is 1. The molecule has 0 aliphatic rings. The highest BCUT2D eigenvalue weighted by molar-refractivity contribution is 6.32. The van der Waals surface area contributed by atoms with Gasteiger partial charge >= 0.3 is 0 Å². The lowest BCUT2D eigenvalue weighted by atomic mass is 10.0. The Balaban J connectivity index is 2.19. The van der Waals surface area contributed by atoms with Gasteiger partial charge in [0.05, 0.1) is 23.4 Å². The van der Waals surface area contributed by atoms with Crippen LogP contribution in [0.15, 0.2) is 42.5 Å². The molecule has 7 nitrogen and oxygen atoms in total. The first-order valence-corrected chi connectivity index (χ1v) is 8.48. The van der Waals surface area contributed by atoms with Gasteiger partial charge in [0, 0.05) is 13.3 Å². The van der Waals surface area contributed by atoms with Crippen LogP contribution in [0.2, 0.25) is 5.02 Å².